The molecule has 0 bridgehead atoms. The second kappa shape index (κ2) is 5.11. The van der Waals surface area contributed by atoms with Gasteiger partial charge in [-0.3, -0.25) is 9.59 Å². The minimum atomic E-state index is -0.942. The van der Waals surface area contributed by atoms with Gasteiger partial charge in [0.25, 0.3) is 0 Å². The van der Waals surface area contributed by atoms with Gasteiger partial charge in [-0.1, -0.05) is 6.92 Å². The fourth-order valence-electron chi connectivity index (χ4n) is 2.31. The molecule has 1 fully saturated rings. The largest absolute Gasteiger partial charge is 0.481 e. The van der Waals surface area contributed by atoms with E-state index in [1.165, 1.54) is 4.90 Å². The number of hydrogen-bond acceptors (Lipinski definition) is 3. The molecular formula is C14H14N2O3. The smallest absolute Gasteiger partial charge is 0.308 e. The standard InChI is InChI=1S/C14H14N2O3/c1-2-10-5-9(7-15)3-4-12(10)16-8-11(14(18)19)6-13(16)17/h3-5,11H,2,6,8H2,1H3,(H,18,19). The Morgan fingerprint density at radius 2 is 2.32 bits per heavy atom. The van der Waals surface area contributed by atoms with E-state index < -0.39 is 11.9 Å². The molecule has 1 atom stereocenters. The van der Waals surface area contributed by atoms with Gasteiger partial charge in [0.1, 0.15) is 0 Å². The second-order valence-electron chi connectivity index (χ2n) is 4.55. The number of amides is 1. The van der Waals surface area contributed by atoms with Gasteiger partial charge >= 0.3 is 5.97 Å². The van der Waals surface area contributed by atoms with Crippen LogP contribution in [0, 0.1) is 17.2 Å². The van der Waals surface area contributed by atoms with Crippen LogP contribution in [0.1, 0.15) is 24.5 Å². The van der Waals surface area contributed by atoms with Crippen LogP contribution in [0.4, 0.5) is 5.69 Å². The summed E-state index contributed by atoms with van der Waals surface area (Å²) in [5.74, 6) is -1.76. The van der Waals surface area contributed by atoms with Gasteiger partial charge in [0.15, 0.2) is 0 Å². The molecule has 1 heterocycles. The third-order valence-electron chi connectivity index (χ3n) is 3.35. The van der Waals surface area contributed by atoms with Crippen LogP contribution in [-0.2, 0) is 16.0 Å². The molecule has 0 spiro atoms. The highest BCUT2D eigenvalue weighted by Crippen LogP contribution is 2.29. The fraction of sp³-hybridized carbons (Fsp3) is 0.357. The Kier molecular flexibility index (Phi) is 3.52. The summed E-state index contributed by atoms with van der Waals surface area (Å²) in [6.45, 7) is 2.14. The van der Waals surface area contributed by atoms with Crippen LogP contribution in [0.15, 0.2) is 18.2 Å². The van der Waals surface area contributed by atoms with Crippen LogP contribution in [0.5, 0.6) is 0 Å². The van der Waals surface area contributed by atoms with Gasteiger partial charge in [-0.15, -0.1) is 0 Å². The van der Waals surface area contributed by atoms with Crippen molar-refractivity contribution in [3.63, 3.8) is 0 Å². The van der Waals surface area contributed by atoms with Crippen molar-refractivity contribution in [2.45, 2.75) is 19.8 Å². The molecule has 0 aliphatic carbocycles. The van der Waals surface area contributed by atoms with Crippen LogP contribution in [0.25, 0.3) is 0 Å². The van der Waals surface area contributed by atoms with Crippen LogP contribution in [0.3, 0.4) is 0 Å². The molecule has 1 amide bonds. The summed E-state index contributed by atoms with van der Waals surface area (Å²) in [5.41, 5.74) is 2.15. The second-order valence-corrected chi connectivity index (χ2v) is 4.55. The monoisotopic (exact) mass is 258 g/mol. The molecule has 1 unspecified atom stereocenters. The molecule has 0 saturated carbocycles. The van der Waals surface area contributed by atoms with Gasteiger partial charge in [0.2, 0.25) is 5.91 Å². The highest BCUT2D eigenvalue weighted by atomic mass is 16.4. The SMILES string of the molecule is CCc1cc(C#N)ccc1N1CC(C(=O)O)CC1=O. The van der Waals surface area contributed by atoms with Crippen LogP contribution >= 0.6 is 0 Å². The number of hydrogen-bond donors (Lipinski definition) is 1. The summed E-state index contributed by atoms with van der Waals surface area (Å²) < 4.78 is 0. The van der Waals surface area contributed by atoms with Crippen LogP contribution < -0.4 is 4.90 Å². The van der Waals surface area contributed by atoms with E-state index >= 15 is 0 Å². The summed E-state index contributed by atoms with van der Waals surface area (Å²) in [6.07, 6.45) is 0.727. The van der Waals surface area contributed by atoms with Crippen molar-refractivity contribution in [1.29, 1.82) is 5.26 Å². The highest BCUT2D eigenvalue weighted by Gasteiger charge is 2.35. The van der Waals surface area contributed by atoms with Crippen molar-refractivity contribution in [1.82, 2.24) is 0 Å². The molecule has 19 heavy (non-hydrogen) atoms. The van der Waals surface area contributed by atoms with Crippen molar-refractivity contribution < 1.29 is 14.7 Å². The zero-order valence-corrected chi connectivity index (χ0v) is 10.6. The van der Waals surface area contributed by atoms with Gasteiger partial charge < -0.3 is 10.0 Å². The molecular weight excluding hydrogens is 244 g/mol. The lowest BCUT2D eigenvalue weighted by molar-refractivity contribution is -0.141. The zero-order valence-electron chi connectivity index (χ0n) is 10.6. The third-order valence-corrected chi connectivity index (χ3v) is 3.35. The number of rotatable bonds is 3. The maximum Gasteiger partial charge on any atom is 0.308 e. The Morgan fingerprint density at radius 3 is 2.84 bits per heavy atom. The molecule has 98 valence electrons. The van der Waals surface area contributed by atoms with E-state index in [1.807, 2.05) is 6.92 Å². The molecule has 1 aromatic carbocycles. The topological polar surface area (TPSA) is 81.4 Å². The number of benzene rings is 1. The Balaban J connectivity index is 2.35. The van der Waals surface area contributed by atoms with Gasteiger partial charge in [-0.2, -0.15) is 5.26 Å². The van der Waals surface area contributed by atoms with Crippen molar-refractivity contribution in [2.24, 2.45) is 5.92 Å². The fourth-order valence-corrected chi connectivity index (χ4v) is 2.31. The van der Waals surface area contributed by atoms with E-state index in [0.717, 1.165) is 11.3 Å². The van der Waals surface area contributed by atoms with Gasteiger partial charge in [0.05, 0.1) is 17.6 Å². The highest BCUT2D eigenvalue weighted by molar-refractivity contribution is 5.99. The summed E-state index contributed by atoms with van der Waals surface area (Å²) in [7, 11) is 0. The Hall–Kier alpha value is -2.35. The Morgan fingerprint density at radius 1 is 1.58 bits per heavy atom. The number of nitriles is 1. The average Bonchev–Trinajstić information content (AvgIpc) is 2.80. The molecule has 0 aromatic heterocycles. The summed E-state index contributed by atoms with van der Waals surface area (Å²) >= 11 is 0. The minimum absolute atomic E-state index is 0.0402. The number of carbonyl (C=O) groups excluding carboxylic acids is 1. The van der Waals surface area contributed by atoms with E-state index in [2.05, 4.69) is 6.07 Å². The first kappa shape index (κ1) is 13.1. The number of carboxylic acids is 1. The predicted molar refractivity (Wildman–Crippen MR) is 68.6 cm³/mol. The molecule has 1 N–H and O–H groups in total. The lowest BCUT2D eigenvalue weighted by Gasteiger charge is -2.19. The van der Waals surface area contributed by atoms with E-state index in [9.17, 15) is 9.59 Å². The average molecular weight is 258 g/mol. The van der Waals surface area contributed by atoms with Gasteiger partial charge in [-0.25, -0.2) is 0 Å². The molecule has 1 aliphatic rings. The number of carboxylic acid groups (broad SMARTS) is 1. The molecule has 1 aromatic rings. The first-order valence-corrected chi connectivity index (χ1v) is 6.13. The van der Waals surface area contributed by atoms with E-state index in [0.29, 0.717) is 12.0 Å². The number of carbonyl (C=O) groups is 2. The molecule has 0 radical (unpaired) electrons. The van der Waals surface area contributed by atoms with Crippen LogP contribution in [-0.4, -0.2) is 23.5 Å². The van der Waals surface area contributed by atoms with Crippen molar-refractivity contribution in [3.8, 4) is 6.07 Å². The summed E-state index contributed by atoms with van der Waals surface area (Å²) in [5, 5.41) is 17.9. The van der Waals surface area contributed by atoms with Crippen LogP contribution in [0.2, 0.25) is 0 Å². The predicted octanol–water partition coefficient (Wildman–Crippen LogP) is 1.56. The molecule has 1 aliphatic heterocycles. The molecule has 5 nitrogen and oxygen atoms in total. The van der Waals surface area contributed by atoms with Crippen molar-refractivity contribution >= 4 is 17.6 Å². The Bertz CT molecular complexity index is 575. The number of aliphatic carboxylic acids is 1. The molecule has 5 heteroatoms. The summed E-state index contributed by atoms with van der Waals surface area (Å²) in [6, 6.07) is 7.18. The lowest BCUT2D eigenvalue weighted by Crippen LogP contribution is -2.26. The maximum absolute atomic E-state index is 11.9. The molecule has 1 saturated heterocycles. The van der Waals surface area contributed by atoms with Gasteiger partial charge in [0, 0.05) is 18.7 Å². The lowest BCUT2D eigenvalue weighted by atomic mass is 10.1. The third kappa shape index (κ3) is 2.43. The minimum Gasteiger partial charge on any atom is -0.481 e. The quantitative estimate of drug-likeness (QED) is 0.892. The zero-order chi connectivity index (χ0) is 14.0. The van der Waals surface area contributed by atoms with E-state index in [1.54, 1.807) is 18.2 Å². The normalized spacial score (nSPS) is 18.4. The summed E-state index contributed by atoms with van der Waals surface area (Å²) in [4.78, 5) is 24.4. The Labute approximate surface area is 111 Å². The van der Waals surface area contributed by atoms with Gasteiger partial charge in [-0.05, 0) is 30.2 Å². The first-order valence-electron chi connectivity index (χ1n) is 6.13. The first-order chi connectivity index (χ1) is 9.06. The maximum atomic E-state index is 11.9. The number of aryl methyl sites for hydroxylation is 1. The van der Waals surface area contributed by atoms with Crippen molar-refractivity contribution in [2.75, 3.05) is 11.4 Å². The van der Waals surface area contributed by atoms with Crippen molar-refractivity contribution in [3.05, 3.63) is 29.3 Å². The number of nitrogens with zero attached hydrogens (tertiary/aromatic N) is 2. The van der Waals surface area contributed by atoms with E-state index in [-0.39, 0.29) is 18.9 Å². The number of anilines is 1. The van der Waals surface area contributed by atoms with E-state index in [4.69, 9.17) is 10.4 Å². The molecule has 2 rings (SSSR count).